The molecule has 4 aromatic rings. The number of hydrogen-bond acceptors (Lipinski definition) is 6. The van der Waals surface area contributed by atoms with Gasteiger partial charge in [-0.2, -0.15) is 23.3 Å². The Bertz CT molecular complexity index is 1300. The highest BCUT2D eigenvalue weighted by Crippen LogP contribution is 2.38. The number of aliphatic hydroxyl groups is 1. The van der Waals surface area contributed by atoms with Crippen LogP contribution in [-0.2, 0) is 16.6 Å². The van der Waals surface area contributed by atoms with Crippen molar-refractivity contribution < 1.29 is 27.6 Å². The largest absolute Gasteiger partial charge is 0.434 e. The number of nitrogens with zero attached hydrogens (tertiary/aromatic N) is 4. The second-order valence-electron chi connectivity index (χ2n) is 7.84. The van der Waals surface area contributed by atoms with Crippen LogP contribution in [0.25, 0.3) is 28.5 Å². The van der Waals surface area contributed by atoms with Gasteiger partial charge in [0.05, 0.1) is 24.0 Å². The quantitative estimate of drug-likeness (QED) is 0.441. The summed E-state index contributed by atoms with van der Waals surface area (Å²) in [5, 5.41) is 20.8. The standard InChI is InChI=1S/C23H20F3N5O3/c1-14(32)27-13-22(2,33)16-10-8-15(9-11-16)20-29-21(34-30-20)18-12-28-31(19(18)23(24,25)26)17-6-4-3-5-7-17/h3-12,33H,13H2,1-2H3,(H,27,32). The van der Waals surface area contributed by atoms with Crippen LogP contribution in [0.5, 0.6) is 0 Å². The minimum atomic E-state index is -4.72. The lowest BCUT2D eigenvalue weighted by Gasteiger charge is -2.24. The number of para-hydroxylation sites is 1. The molecule has 1 amide bonds. The summed E-state index contributed by atoms with van der Waals surface area (Å²) in [5.41, 5.74) is -1.46. The number of benzene rings is 2. The molecular weight excluding hydrogens is 451 g/mol. The third kappa shape index (κ3) is 4.69. The van der Waals surface area contributed by atoms with E-state index in [-0.39, 0.29) is 35.4 Å². The summed E-state index contributed by atoms with van der Waals surface area (Å²) in [6, 6.07) is 14.4. The van der Waals surface area contributed by atoms with Crippen molar-refractivity contribution in [1.29, 1.82) is 0 Å². The average molecular weight is 471 g/mol. The molecule has 1 unspecified atom stereocenters. The predicted octanol–water partition coefficient (Wildman–Crippen LogP) is 3.95. The molecule has 0 aliphatic rings. The molecule has 34 heavy (non-hydrogen) atoms. The lowest BCUT2D eigenvalue weighted by atomic mass is 9.95. The highest BCUT2D eigenvalue weighted by atomic mass is 19.4. The summed E-state index contributed by atoms with van der Waals surface area (Å²) >= 11 is 0. The first kappa shape index (κ1) is 23.2. The predicted molar refractivity (Wildman–Crippen MR) is 116 cm³/mol. The number of halogens is 3. The molecule has 0 spiro atoms. The number of rotatable bonds is 6. The number of alkyl halides is 3. The molecule has 0 radical (unpaired) electrons. The van der Waals surface area contributed by atoms with Crippen LogP contribution in [-0.4, -0.2) is 37.5 Å². The Balaban J connectivity index is 1.65. The van der Waals surface area contributed by atoms with Crippen molar-refractivity contribution >= 4 is 5.91 Å². The Labute approximate surface area is 192 Å². The van der Waals surface area contributed by atoms with E-state index in [4.69, 9.17) is 4.52 Å². The minimum absolute atomic E-state index is 0.0136. The first-order valence-electron chi connectivity index (χ1n) is 10.2. The maximum atomic E-state index is 13.9. The number of amides is 1. The van der Waals surface area contributed by atoms with E-state index >= 15 is 0 Å². The van der Waals surface area contributed by atoms with E-state index in [1.165, 1.54) is 19.1 Å². The van der Waals surface area contributed by atoms with E-state index in [1.807, 2.05) is 0 Å². The molecule has 11 heteroatoms. The zero-order chi connectivity index (χ0) is 24.5. The van der Waals surface area contributed by atoms with Gasteiger partial charge in [0.1, 0.15) is 5.60 Å². The Morgan fingerprint density at radius 1 is 1.12 bits per heavy atom. The summed E-state index contributed by atoms with van der Waals surface area (Å²) in [4.78, 5) is 15.3. The van der Waals surface area contributed by atoms with Gasteiger partial charge in [-0.25, -0.2) is 4.68 Å². The van der Waals surface area contributed by atoms with Gasteiger partial charge in [-0.05, 0) is 24.6 Å². The van der Waals surface area contributed by atoms with E-state index in [0.29, 0.717) is 11.1 Å². The van der Waals surface area contributed by atoms with Crippen molar-refractivity contribution in [3.8, 4) is 28.5 Å². The third-order valence-electron chi connectivity index (χ3n) is 5.14. The number of hydrogen-bond donors (Lipinski definition) is 2. The Morgan fingerprint density at radius 3 is 2.41 bits per heavy atom. The molecule has 8 nitrogen and oxygen atoms in total. The van der Waals surface area contributed by atoms with Gasteiger partial charge in [0.25, 0.3) is 5.89 Å². The van der Waals surface area contributed by atoms with Gasteiger partial charge in [-0.1, -0.05) is 47.6 Å². The zero-order valence-electron chi connectivity index (χ0n) is 18.2. The molecule has 2 aromatic heterocycles. The highest BCUT2D eigenvalue weighted by molar-refractivity contribution is 5.73. The topological polar surface area (TPSA) is 106 Å². The SMILES string of the molecule is CC(=O)NCC(C)(O)c1ccc(-c2noc(-c3cnn(-c4ccccc4)c3C(F)(F)F)n2)cc1. The van der Waals surface area contributed by atoms with Crippen LogP contribution in [0.3, 0.4) is 0 Å². The van der Waals surface area contributed by atoms with Gasteiger partial charge < -0.3 is 14.9 Å². The number of carbonyl (C=O) groups excluding carboxylic acids is 1. The fourth-order valence-corrected chi connectivity index (χ4v) is 3.37. The van der Waals surface area contributed by atoms with Crippen LogP contribution in [0, 0.1) is 0 Å². The van der Waals surface area contributed by atoms with Crippen LogP contribution in [0.4, 0.5) is 13.2 Å². The fraction of sp³-hybridized carbons (Fsp3) is 0.217. The lowest BCUT2D eigenvalue weighted by molar-refractivity contribution is -0.142. The van der Waals surface area contributed by atoms with Crippen LogP contribution < -0.4 is 5.32 Å². The van der Waals surface area contributed by atoms with Crippen molar-refractivity contribution in [1.82, 2.24) is 25.2 Å². The third-order valence-corrected chi connectivity index (χ3v) is 5.14. The monoisotopic (exact) mass is 471 g/mol. The summed E-state index contributed by atoms with van der Waals surface area (Å²) in [5.74, 6) is -0.528. The van der Waals surface area contributed by atoms with Crippen molar-refractivity contribution in [3.05, 3.63) is 72.1 Å². The van der Waals surface area contributed by atoms with Gasteiger partial charge in [0, 0.05) is 12.5 Å². The van der Waals surface area contributed by atoms with Gasteiger partial charge in [0.2, 0.25) is 11.7 Å². The van der Waals surface area contributed by atoms with Crippen molar-refractivity contribution in [2.45, 2.75) is 25.6 Å². The Morgan fingerprint density at radius 2 is 1.79 bits per heavy atom. The smallest absolute Gasteiger partial charge is 0.384 e. The lowest BCUT2D eigenvalue weighted by Crippen LogP contribution is -2.37. The molecule has 0 aliphatic heterocycles. The van der Waals surface area contributed by atoms with Gasteiger partial charge >= 0.3 is 6.18 Å². The fourth-order valence-electron chi connectivity index (χ4n) is 3.37. The van der Waals surface area contributed by atoms with E-state index in [0.717, 1.165) is 10.9 Å². The Hall–Kier alpha value is -3.99. The maximum Gasteiger partial charge on any atom is 0.434 e. The minimum Gasteiger partial charge on any atom is -0.384 e. The van der Waals surface area contributed by atoms with Crippen LogP contribution in [0.1, 0.15) is 25.1 Å². The average Bonchev–Trinajstić information content (AvgIpc) is 3.46. The molecule has 2 aromatic carbocycles. The normalized spacial score (nSPS) is 13.5. The molecule has 0 bridgehead atoms. The van der Waals surface area contributed by atoms with Crippen molar-refractivity contribution in [3.63, 3.8) is 0 Å². The van der Waals surface area contributed by atoms with Gasteiger partial charge in [0.15, 0.2) is 5.69 Å². The van der Waals surface area contributed by atoms with Crippen molar-refractivity contribution in [2.24, 2.45) is 0 Å². The molecule has 0 saturated carbocycles. The Kier molecular flexibility index (Phi) is 5.96. The van der Waals surface area contributed by atoms with Gasteiger partial charge in [-0.3, -0.25) is 4.79 Å². The van der Waals surface area contributed by atoms with Crippen LogP contribution in [0.2, 0.25) is 0 Å². The number of aromatic nitrogens is 4. The highest BCUT2D eigenvalue weighted by Gasteiger charge is 2.40. The first-order chi connectivity index (χ1) is 16.1. The van der Waals surface area contributed by atoms with Crippen molar-refractivity contribution in [2.75, 3.05) is 6.54 Å². The molecule has 2 heterocycles. The van der Waals surface area contributed by atoms with Crippen LogP contribution >= 0.6 is 0 Å². The molecule has 0 aliphatic carbocycles. The summed E-state index contributed by atoms with van der Waals surface area (Å²) in [7, 11) is 0. The second kappa shape index (κ2) is 8.75. The maximum absolute atomic E-state index is 13.9. The molecule has 0 saturated heterocycles. The first-order valence-corrected chi connectivity index (χ1v) is 10.2. The number of carbonyl (C=O) groups is 1. The molecule has 0 fully saturated rings. The van der Waals surface area contributed by atoms with E-state index < -0.39 is 17.5 Å². The zero-order valence-corrected chi connectivity index (χ0v) is 18.2. The van der Waals surface area contributed by atoms with Gasteiger partial charge in [-0.15, -0.1) is 0 Å². The molecule has 2 N–H and O–H groups in total. The molecule has 176 valence electrons. The van der Waals surface area contributed by atoms with E-state index in [1.54, 1.807) is 49.4 Å². The summed E-state index contributed by atoms with van der Waals surface area (Å²) in [6.45, 7) is 2.91. The summed E-state index contributed by atoms with van der Waals surface area (Å²) < 4.78 is 47.7. The van der Waals surface area contributed by atoms with Crippen LogP contribution in [0.15, 0.2) is 65.3 Å². The summed E-state index contributed by atoms with van der Waals surface area (Å²) in [6.07, 6.45) is -3.69. The second-order valence-corrected chi connectivity index (χ2v) is 7.84. The molecule has 1 atom stereocenters. The molecule has 4 rings (SSSR count). The van der Waals surface area contributed by atoms with E-state index in [2.05, 4.69) is 20.6 Å². The number of nitrogens with one attached hydrogen (secondary N) is 1. The van der Waals surface area contributed by atoms with E-state index in [9.17, 15) is 23.1 Å². The molecular formula is C23H20F3N5O3.